The summed E-state index contributed by atoms with van der Waals surface area (Å²) in [6.45, 7) is 6.55. The van der Waals surface area contributed by atoms with Crippen LogP contribution in [0.1, 0.15) is 40.0 Å². The van der Waals surface area contributed by atoms with Gasteiger partial charge in [0.2, 0.25) is 0 Å². The molecule has 1 heterocycles. The van der Waals surface area contributed by atoms with Gasteiger partial charge < -0.3 is 20.5 Å². The maximum atomic E-state index is 11.9. The molecule has 0 saturated carbocycles. The summed E-state index contributed by atoms with van der Waals surface area (Å²) >= 11 is 0. The molecule has 1 unspecified atom stereocenters. The summed E-state index contributed by atoms with van der Waals surface area (Å²) < 4.78 is 5.31. The lowest BCUT2D eigenvalue weighted by atomic mass is 9.98. The Morgan fingerprint density at radius 1 is 1.47 bits per heavy atom. The Hall–Kier alpha value is -0.810. The summed E-state index contributed by atoms with van der Waals surface area (Å²) in [6.07, 6.45) is 2.03. The van der Waals surface area contributed by atoms with Gasteiger partial charge in [0.25, 0.3) is 0 Å². The van der Waals surface area contributed by atoms with E-state index in [9.17, 15) is 9.90 Å². The Kier molecular flexibility index (Phi) is 4.38. The lowest BCUT2D eigenvalue weighted by molar-refractivity contribution is -0.00984. The fourth-order valence-corrected chi connectivity index (χ4v) is 1.92. The van der Waals surface area contributed by atoms with Crippen molar-refractivity contribution in [2.24, 2.45) is 5.73 Å². The number of carbonyl (C=O) groups excluding carboxylic acids is 1. The van der Waals surface area contributed by atoms with Gasteiger partial charge in [-0.3, -0.25) is 0 Å². The van der Waals surface area contributed by atoms with Crippen LogP contribution in [0.15, 0.2) is 0 Å². The highest BCUT2D eigenvalue weighted by molar-refractivity contribution is 5.68. The minimum Gasteiger partial charge on any atom is -0.444 e. The van der Waals surface area contributed by atoms with E-state index in [-0.39, 0.29) is 19.2 Å². The largest absolute Gasteiger partial charge is 0.444 e. The number of amides is 1. The van der Waals surface area contributed by atoms with E-state index in [4.69, 9.17) is 10.5 Å². The summed E-state index contributed by atoms with van der Waals surface area (Å²) in [7, 11) is 0. The molecule has 0 aromatic heterocycles. The van der Waals surface area contributed by atoms with Crippen LogP contribution in [0.5, 0.6) is 0 Å². The molecule has 0 bridgehead atoms. The number of hydrogen-bond donors (Lipinski definition) is 2. The lowest BCUT2D eigenvalue weighted by Crippen LogP contribution is -2.49. The molecule has 1 saturated heterocycles. The number of aliphatic hydroxyl groups is 1. The van der Waals surface area contributed by atoms with E-state index in [1.807, 2.05) is 20.8 Å². The van der Waals surface area contributed by atoms with Gasteiger partial charge in [-0.05, 0) is 40.0 Å². The Morgan fingerprint density at radius 2 is 2.12 bits per heavy atom. The molecule has 0 aromatic rings. The predicted octanol–water partition coefficient (Wildman–Crippen LogP) is 1.10. The Balaban J connectivity index is 2.66. The van der Waals surface area contributed by atoms with Gasteiger partial charge >= 0.3 is 6.09 Å². The van der Waals surface area contributed by atoms with Crippen LogP contribution in [0.3, 0.4) is 0 Å². The van der Waals surface area contributed by atoms with E-state index in [0.29, 0.717) is 13.0 Å². The van der Waals surface area contributed by atoms with Crippen molar-refractivity contribution in [3.05, 3.63) is 0 Å². The van der Waals surface area contributed by atoms with Crippen molar-refractivity contribution in [1.29, 1.82) is 0 Å². The van der Waals surface area contributed by atoms with Gasteiger partial charge in [-0.1, -0.05) is 0 Å². The fourth-order valence-electron chi connectivity index (χ4n) is 1.92. The molecule has 1 amide bonds. The summed E-state index contributed by atoms with van der Waals surface area (Å²) in [4.78, 5) is 13.5. The van der Waals surface area contributed by atoms with E-state index in [1.165, 1.54) is 0 Å². The highest BCUT2D eigenvalue weighted by Gasteiger charge is 2.33. The quantitative estimate of drug-likeness (QED) is 0.724. The van der Waals surface area contributed by atoms with Crippen molar-refractivity contribution in [2.75, 3.05) is 19.6 Å². The van der Waals surface area contributed by atoms with Crippen LogP contribution in [0, 0.1) is 0 Å². The second-order valence-corrected chi connectivity index (χ2v) is 5.79. The second kappa shape index (κ2) is 5.23. The van der Waals surface area contributed by atoms with Crippen molar-refractivity contribution in [2.45, 2.75) is 51.2 Å². The standard InChI is InChI=1S/C12H24N2O3/c1-11(2,3)17-10(15)14-7-5-4-6-12(16,8-13)9-14/h16H,4-9,13H2,1-3H3. The first kappa shape index (κ1) is 14.3. The van der Waals surface area contributed by atoms with E-state index < -0.39 is 11.2 Å². The number of likely N-dealkylation sites (tertiary alicyclic amines) is 1. The van der Waals surface area contributed by atoms with Crippen LogP contribution in [0.4, 0.5) is 4.79 Å². The zero-order valence-corrected chi connectivity index (χ0v) is 11.0. The topological polar surface area (TPSA) is 75.8 Å². The average molecular weight is 244 g/mol. The molecule has 0 spiro atoms. The van der Waals surface area contributed by atoms with E-state index in [2.05, 4.69) is 0 Å². The predicted molar refractivity (Wildman–Crippen MR) is 65.7 cm³/mol. The summed E-state index contributed by atoms with van der Waals surface area (Å²) in [5.74, 6) is 0. The van der Waals surface area contributed by atoms with Crippen LogP contribution in [-0.2, 0) is 4.74 Å². The van der Waals surface area contributed by atoms with Crippen LogP contribution >= 0.6 is 0 Å². The highest BCUT2D eigenvalue weighted by atomic mass is 16.6. The second-order valence-electron chi connectivity index (χ2n) is 5.79. The number of nitrogens with zero attached hydrogens (tertiary/aromatic N) is 1. The van der Waals surface area contributed by atoms with Gasteiger partial charge in [0.1, 0.15) is 5.60 Å². The minimum atomic E-state index is -0.965. The number of rotatable bonds is 1. The normalized spacial score (nSPS) is 26.5. The molecule has 0 aliphatic carbocycles. The Labute approximate surface area is 103 Å². The SMILES string of the molecule is CC(C)(C)OC(=O)N1CCCCC(O)(CN)C1. The van der Waals surface area contributed by atoms with Crippen molar-refractivity contribution in [3.8, 4) is 0 Å². The molecular formula is C12H24N2O3. The first-order valence-corrected chi connectivity index (χ1v) is 6.16. The lowest BCUT2D eigenvalue weighted by Gasteiger charge is -2.32. The van der Waals surface area contributed by atoms with Crippen molar-refractivity contribution in [1.82, 2.24) is 4.90 Å². The molecule has 1 rings (SSSR count). The number of carbonyl (C=O) groups is 1. The van der Waals surface area contributed by atoms with Crippen LogP contribution < -0.4 is 5.73 Å². The van der Waals surface area contributed by atoms with Gasteiger partial charge in [0, 0.05) is 13.1 Å². The fraction of sp³-hybridized carbons (Fsp3) is 0.917. The number of nitrogens with two attached hydrogens (primary N) is 1. The third-order valence-electron chi connectivity index (χ3n) is 2.84. The van der Waals surface area contributed by atoms with Gasteiger partial charge in [-0.25, -0.2) is 4.79 Å². The molecule has 5 heteroatoms. The molecule has 1 aliphatic rings. The number of ether oxygens (including phenoxy) is 1. The monoisotopic (exact) mass is 244 g/mol. The number of hydrogen-bond acceptors (Lipinski definition) is 4. The van der Waals surface area contributed by atoms with Crippen molar-refractivity contribution >= 4 is 6.09 Å². The molecule has 0 radical (unpaired) electrons. The molecule has 5 nitrogen and oxygen atoms in total. The third kappa shape index (κ3) is 4.52. The van der Waals surface area contributed by atoms with Gasteiger partial charge in [0.15, 0.2) is 0 Å². The van der Waals surface area contributed by atoms with E-state index in [0.717, 1.165) is 12.8 Å². The molecule has 1 aliphatic heterocycles. The summed E-state index contributed by atoms with van der Waals surface area (Å²) in [6, 6.07) is 0. The molecule has 1 fully saturated rings. The maximum Gasteiger partial charge on any atom is 0.410 e. The van der Waals surface area contributed by atoms with Gasteiger partial charge in [-0.15, -0.1) is 0 Å². The van der Waals surface area contributed by atoms with Crippen LogP contribution in [-0.4, -0.2) is 46.9 Å². The zero-order valence-electron chi connectivity index (χ0n) is 11.0. The molecule has 1 atom stereocenters. The van der Waals surface area contributed by atoms with Gasteiger partial charge in [0.05, 0.1) is 12.1 Å². The Bertz CT molecular complexity index is 275. The van der Waals surface area contributed by atoms with E-state index >= 15 is 0 Å². The first-order valence-electron chi connectivity index (χ1n) is 6.16. The smallest absolute Gasteiger partial charge is 0.410 e. The molecule has 17 heavy (non-hydrogen) atoms. The summed E-state index contributed by atoms with van der Waals surface area (Å²) in [5.41, 5.74) is 4.09. The summed E-state index contributed by atoms with van der Waals surface area (Å²) in [5, 5.41) is 10.2. The van der Waals surface area contributed by atoms with E-state index in [1.54, 1.807) is 4.90 Å². The Morgan fingerprint density at radius 3 is 2.65 bits per heavy atom. The average Bonchev–Trinajstić information content (AvgIpc) is 2.39. The number of β-amino-alcohol motifs (C(OH)–C–C–N with tert-alkyl or cyclic N) is 1. The van der Waals surface area contributed by atoms with Gasteiger partial charge in [-0.2, -0.15) is 0 Å². The maximum absolute atomic E-state index is 11.9. The first-order chi connectivity index (χ1) is 7.76. The molecular weight excluding hydrogens is 220 g/mol. The van der Waals surface area contributed by atoms with Crippen LogP contribution in [0.2, 0.25) is 0 Å². The highest BCUT2D eigenvalue weighted by Crippen LogP contribution is 2.21. The van der Waals surface area contributed by atoms with Crippen LogP contribution in [0.25, 0.3) is 0 Å². The molecule has 100 valence electrons. The van der Waals surface area contributed by atoms with Crippen molar-refractivity contribution in [3.63, 3.8) is 0 Å². The van der Waals surface area contributed by atoms with Crippen molar-refractivity contribution < 1.29 is 14.6 Å². The third-order valence-corrected chi connectivity index (χ3v) is 2.84. The zero-order chi connectivity index (χ0) is 13.1. The molecule has 3 N–H and O–H groups in total. The molecule has 0 aromatic carbocycles. The minimum absolute atomic E-state index is 0.173.